The van der Waals surface area contributed by atoms with Crippen LogP contribution in [0.1, 0.15) is 34.8 Å². The average molecular weight is 509 g/mol. The first-order chi connectivity index (χ1) is 14.9. The number of alkyl halides is 3. The normalized spacial score (nSPS) is 11.8. The Morgan fingerprint density at radius 3 is 2.31 bits per heavy atom. The van der Waals surface area contributed by atoms with Gasteiger partial charge in [0.15, 0.2) is 5.69 Å². The summed E-state index contributed by atoms with van der Waals surface area (Å²) in [5.74, 6) is -0.384. The van der Waals surface area contributed by atoms with Gasteiger partial charge in [-0.3, -0.25) is 14.2 Å². The molecule has 0 bridgehead atoms. The lowest BCUT2D eigenvalue weighted by atomic mass is 10.2. The smallest absolute Gasteiger partial charge is 0.323 e. The van der Waals surface area contributed by atoms with Crippen molar-refractivity contribution in [2.75, 3.05) is 5.32 Å². The summed E-state index contributed by atoms with van der Waals surface area (Å²) in [6.45, 7) is 5.35. The molecule has 0 unspecified atom stereocenters. The number of nitrogens with zero attached hydrogens (tertiary/aromatic N) is 4. The second-order valence-electron chi connectivity index (χ2n) is 7.22. The first kappa shape index (κ1) is 24.4. The highest BCUT2D eigenvalue weighted by atomic mass is 35.5. The molecule has 0 saturated heterocycles. The SMILES string of the molecule is Cc1nn(Cc2ccc(Cl)c(Cl)c2)c(C)c1NC(=O)CCn1nc(C(F)(F)F)c(Cl)c1C. The minimum atomic E-state index is -4.66. The first-order valence-corrected chi connectivity index (χ1v) is 10.6. The fourth-order valence-corrected chi connectivity index (χ4v) is 3.74. The van der Waals surface area contributed by atoms with Crippen LogP contribution in [0.5, 0.6) is 0 Å². The van der Waals surface area contributed by atoms with Crippen LogP contribution in [0, 0.1) is 20.8 Å². The number of halogens is 6. The van der Waals surface area contributed by atoms with Gasteiger partial charge in [0.1, 0.15) is 0 Å². The number of rotatable bonds is 6. The fraction of sp³-hybridized carbons (Fsp3) is 0.350. The Hall–Kier alpha value is -2.23. The van der Waals surface area contributed by atoms with Gasteiger partial charge in [-0.25, -0.2) is 0 Å². The van der Waals surface area contributed by atoms with Gasteiger partial charge in [-0.15, -0.1) is 0 Å². The summed E-state index contributed by atoms with van der Waals surface area (Å²) in [6.07, 6.45) is -4.75. The molecule has 1 N–H and O–H groups in total. The van der Waals surface area contributed by atoms with E-state index in [9.17, 15) is 18.0 Å². The maximum atomic E-state index is 13.0. The molecule has 172 valence electrons. The van der Waals surface area contributed by atoms with E-state index in [0.717, 1.165) is 15.9 Å². The minimum absolute atomic E-state index is 0.0526. The van der Waals surface area contributed by atoms with Crippen LogP contribution in [-0.2, 0) is 24.1 Å². The van der Waals surface area contributed by atoms with E-state index >= 15 is 0 Å². The van der Waals surface area contributed by atoms with Gasteiger partial charge >= 0.3 is 6.18 Å². The Morgan fingerprint density at radius 1 is 1.03 bits per heavy atom. The van der Waals surface area contributed by atoms with Crippen molar-refractivity contribution in [2.45, 2.75) is 46.5 Å². The third-order valence-corrected chi connectivity index (χ3v) is 6.11. The van der Waals surface area contributed by atoms with Crippen molar-refractivity contribution in [1.29, 1.82) is 0 Å². The molecule has 32 heavy (non-hydrogen) atoms. The zero-order chi connectivity index (χ0) is 23.8. The van der Waals surface area contributed by atoms with Crippen LogP contribution >= 0.6 is 34.8 Å². The van der Waals surface area contributed by atoms with Gasteiger partial charge in [0.05, 0.1) is 50.9 Å². The summed E-state index contributed by atoms with van der Waals surface area (Å²) >= 11 is 17.8. The first-order valence-electron chi connectivity index (χ1n) is 9.46. The summed E-state index contributed by atoms with van der Waals surface area (Å²) in [6, 6.07) is 5.27. The van der Waals surface area contributed by atoms with Crippen LogP contribution in [0.2, 0.25) is 15.1 Å². The van der Waals surface area contributed by atoms with E-state index in [4.69, 9.17) is 34.8 Å². The number of nitrogens with one attached hydrogen (secondary N) is 1. The Bertz CT molecular complexity index is 1170. The number of benzene rings is 1. The van der Waals surface area contributed by atoms with Gasteiger partial charge < -0.3 is 5.32 Å². The molecule has 0 aliphatic rings. The van der Waals surface area contributed by atoms with Crippen molar-refractivity contribution in [2.24, 2.45) is 0 Å². The molecule has 1 amide bonds. The number of aromatic nitrogens is 4. The van der Waals surface area contributed by atoms with Gasteiger partial charge in [-0.05, 0) is 38.5 Å². The molecule has 0 aliphatic carbocycles. The Balaban J connectivity index is 1.69. The number of carbonyl (C=O) groups is 1. The molecule has 3 aromatic rings. The standard InChI is InChI=1S/C20H19Cl3F3N5O/c1-10-18(12(3)31(28-10)9-13-4-5-14(21)15(22)8-13)27-16(32)6-7-30-11(2)17(23)19(29-30)20(24,25)26/h4-5,8H,6-7,9H2,1-3H3,(H,27,32). The molecule has 2 heterocycles. The third kappa shape index (κ3) is 5.22. The van der Waals surface area contributed by atoms with Gasteiger partial charge in [0.25, 0.3) is 0 Å². The van der Waals surface area contributed by atoms with Crippen LogP contribution < -0.4 is 5.32 Å². The van der Waals surface area contributed by atoms with Crippen molar-refractivity contribution in [3.8, 4) is 0 Å². The molecular weight excluding hydrogens is 490 g/mol. The van der Waals surface area contributed by atoms with Gasteiger partial charge in [-0.1, -0.05) is 40.9 Å². The lowest BCUT2D eigenvalue weighted by Crippen LogP contribution is -2.17. The zero-order valence-electron chi connectivity index (χ0n) is 17.3. The molecule has 0 radical (unpaired) electrons. The van der Waals surface area contributed by atoms with E-state index in [1.807, 2.05) is 6.07 Å². The monoisotopic (exact) mass is 507 g/mol. The molecule has 6 nitrogen and oxygen atoms in total. The van der Waals surface area contributed by atoms with E-state index in [1.54, 1.807) is 30.7 Å². The highest BCUT2D eigenvalue weighted by Gasteiger charge is 2.38. The van der Waals surface area contributed by atoms with Crippen molar-refractivity contribution in [3.63, 3.8) is 0 Å². The van der Waals surface area contributed by atoms with Gasteiger partial charge in [0, 0.05) is 6.42 Å². The van der Waals surface area contributed by atoms with E-state index in [1.165, 1.54) is 6.92 Å². The number of hydrogen-bond donors (Lipinski definition) is 1. The fourth-order valence-electron chi connectivity index (χ4n) is 3.18. The van der Waals surface area contributed by atoms with Crippen molar-refractivity contribution in [1.82, 2.24) is 19.6 Å². The number of aryl methyl sites for hydroxylation is 2. The summed E-state index contributed by atoms with van der Waals surface area (Å²) in [4.78, 5) is 12.5. The molecule has 0 atom stereocenters. The van der Waals surface area contributed by atoms with Crippen molar-refractivity contribution < 1.29 is 18.0 Å². The van der Waals surface area contributed by atoms with E-state index in [2.05, 4.69) is 15.5 Å². The molecule has 3 rings (SSSR count). The highest BCUT2D eigenvalue weighted by Crippen LogP contribution is 2.35. The Morgan fingerprint density at radius 2 is 1.72 bits per heavy atom. The topological polar surface area (TPSA) is 64.7 Å². The second kappa shape index (κ2) is 9.33. The van der Waals surface area contributed by atoms with Crippen molar-refractivity contribution >= 4 is 46.4 Å². The quantitative estimate of drug-likeness (QED) is 0.440. The lowest BCUT2D eigenvalue weighted by molar-refractivity contribution is -0.141. The third-order valence-electron chi connectivity index (χ3n) is 4.91. The maximum Gasteiger partial charge on any atom is 0.436 e. The summed E-state index contributed by atoms with van der Waals surface area (Å²) in [5, 5.41) is 11.2. The summed E-state index contributed by atoms with van der Waals surface area (Å²) in [7, 11) is 0. The molecule has 0 fully saturated rings. The highest BCUT2D eigenvalue weighted by molar-refractivity contribution is 6.42. The Labute approximate surface area is 197 Å². The van der Waals surface area contributed by atoms with Crippen LogP contribution in [0.15, 0.2) is 18.2 Å². The van der Waals surface area contributed by atoms with Crippen LogP contribution in [-0.4, -0.2) is 25.5 Å². The maximum absolute atomic E-state index is 13.0. The van der Waals surface area contributed by atoms with E-state index < -0.39 is 16.9 Å². The van der Waals surface area contributed by atoms with Gasteiger partial charge in [0.2, 0.25) is 5.91 Å². The average Bonchev–Trinajstić information content (AvgIpc) is 3.14. The number of hydrogen-bond acceptors (Lipinski definition) is 3. The molecule has 0 spiro atoms. The summed E-state index contributed by atoms with van der Waals surface area (Å²) in [5.41, 5.74) is 1.74. The molecule has 0 aliphatic heterocycles. The van der Waals surface area contributed by atoms with E-state index in [0.29, 0.717) is 28.0 Å². The summed E-state index contributed by atoms with van der Waals surface area (Å²) < 4.78 is 41.7. The Kier molecular flexibility index (Phi) is 7.12. The largest absolute Gasteiger partial charge is 0.436 e. The molecular formula is C20H19Cl3F3N5O. The lowest BCUT2D eigenvalue weighted by Gasteiger charge is -2.09. The predicted molar refractivity (Wildman–Crippen MR) is 117 cm³/mol. The predicted octanol–water partition coefficient (Wildman–Crippen LogP) is 6.06. The van der Waals surface area contributed by atoms with Gasteiger partial charge in [-0.2, -0.15) is 23.4 Å². The number of carbonyl (C=O) groups excluding carboxylic acids is 1. The number of anilines is 1. The van der Waals surface area contributed by atoms with Crippen LogP contribution in [0.3, 0.4) is 0 Å². The van der Waals surface area contributed by atoms with E-state index in [-0.39, 0.29) is 24.6 Å². The molecule has 1 aromatic carbocycles. The molecule has 12 heteroatoms. The van der Waals surface area contributed by atoms with Crippen LogP contribution in [0.25, 0.3) is 0 Å². The minimum Gasteiger partial charge on any atom is -0.323 e. The van der Waals surface area contributed by atoms with Crippen LogP contribution in [0.4, 0.5) is 18.9 Å². The zero-order valence-corrected chi connectivity index (χ0v) is 19.6. The van der Waals surface area contributed by atoms with Crippen molar-refractivity contribution in [3.05, 3.63) is 61.6 Å². The second-order valence-corrected chi connectivity index (χ2v) is 8.41. The molecule has 2 aromatic heterocycles. The number of amides is 1. The molecule has 0 saturated carbocycles.